The van der Waals surface area contributed by atoms with Crippen LogP contribution in [0.1, 0.15) is 11.1 Å². The van der Waals surface area contributed by atoms with Crippen LogP contribution < -0.4 is 4.74 Å². The van der Waals surface area contributed by atoms with Crippen LogP contribution in [0.3, 0.4) is 0 Å². The fourth-order valence-corrected chi connectivity index (χ4v) is 3.43. The Morgan fingerprint density at radius 1 is 0.750 bits per heavy atom. The summed E-state index contributed by atoms with van der Waals surface area (Å²) in [6.07, 6.45) is 0. The number of methoxy groups -OCH3 is 1. The van der Waals surface area contributed by atoms with Gasteiger partial charge in [0.25, 0.3) is 0 Å². The van der Waals surface area contributed by atoms with Crippen LogP contribution in [0.15, 0.2) is 54.6 Å². The molecule has 0 spiro atoms. The number of ether oxygens (including phenoxy) is 1. The van der Waals surface area contributed by atoms with Gasteiger partial charge in [-0.15, -0.1) is 0 Å². The monoisotopic (exact) mass is 356 g/mol. The summed E-state index contributed by atoms with van der Waals surface area (Å²) in [6.45, 7) is 3.56. The molecule has 0 unspecified atom stereocenters. The SMILES string of the molecule is COc1ccc(C(=S)N2CCN(C(=S)c3ccccc3)CC2)cc1. The van der Waals surface area contributed by atoms with Gasteiger partial charge in [-0.2, -0.15) is 0 Å². The average Bonchev–Trinajstić information content (AvgIpc) is 2.68. The first-order valence-corrected chi connectivity index (χ1v) is 8.78. The van der Waals surface area contributed by atoms with E-state index in [1.807, 2.05) is 42.5 Å². The van der Waals surface area contributed by atoms with Crippen molar-refractivity contribution in [3.8, 4) is 5.75 Å². The molecule has 2 aromatic carbocycles. The molecule has 24 heavy (non-hydrogen) atoms. The molecule has 0 radical (unpaired) electrons. The van der Waals surface area contributed by atoms with Crippen LogP contribution in [0.25, 0.3) is 0 Å². The lowest BCUT2D eigenvalue weighted by Gasteiger charge is -2.37. The van der Waals surface area contributed by atoms with Gasteiger partial charge in [-0.25, -0.2) is 0 Å². The maximum Gasteiger partial charge on any atom is 0.118 e. The molecule has 0 aliphatic carbocycles. The summed E-state index contributed by atoms with van der Waals surface area (Å²) in [7, 11) is 1.67. The third-order valence-corrected chi connectivity index (χ3v) is 5.20. The van der Waals surface area contributed by atoms with Crippen LogP contribution in [-0.4, -0.2) is 53.1 Å². The minimum Gasteiger partial charge on any atom is -0.497 e. The highest BCUT2D eigenvalue weighted by Gasteiger charge is 2.21. The molecular weight excluding hydrogens is 336 g/mol. The Morgan fingerprint density at radius 3 is 1.67 bits per heavy atom. The third kappa shape index (κ3) is 3.74. The standard InChI is InChI=1S/C19H20N2OS2/c1-22-17-9-7-16(8-10-17)19(24)21-13-11-20(12-14-21)18(23)15-5-3-2-4-6-15/h2-10H,11-14H2,1H3. The quantitative estimate of drug-likeness (QED) is 0.781. The van der Waals surface area contributed by atoms with E-state index in [0.717, 1.165) is 53.0 Å². The number of hydrogen-bond acceptors (Lipinski definition) is 3. The van der Waals surface area contributed by atoms with E-state index in [9.17, 15) is 0 Å². The molecule has 0 aromatic heterocycles. The molecule has 0 amide bonds. The summed E-state index contributed by atoms with van der Waals surface area (Å²) < 4.78 is 5.20. The molecule has 2 aromatic rings. The highest BCUT2D eigenvalue weighted by Crippen LogP contribution is 2.16. The van der Waals surface area contributed by atoms with E-state index in [1.165, 1.54) is 0 Å². The van der Waals surface area contributed by atoms with Gasteiger partial charge in [0.2, 0.25) is 0 Å². The number of benzene rings is 2. The Hall–Kier alpha value is -1.98. The number of rotatable bonds is 3. The van der Waals surface area contributed by atoms with Crippen molar-refractivity contribution in [3.05, 3.63) is 65.7 Å². The van der Waals surface area contributed by atoms with Gasteiger partial charge in [-0.05, 0) is 24.3 Å². The van der Waals surface area contributed by atoms with Crippen LogP contribution >= 0.6 is 24.4 Å². The van der Waals surface area contributed by atoms with Crippen molar-refractivity contribution >= 4 is 34.4 Å². The van der Waals surface area contributed by atoms with Crippen molar-refractivity contribution in [3.63, 3.8) is 0 Å². The topological polar surface area (TPSA) is 15.7 Å². The zero-order valence-electron chi connectivity index (χ0n) is 13.6. The van der Waals surface area contributed by atoms with Gasteiger partial charge < -0.3 is 14.5 Å². The molecular formula is C19H20N2OS2. The largest absolute Gasteiger partial charge is 0.497 e. The summed E-state index contributed by atoms with van der Waals surface area (Å²) >= 11 is 11.3. The van der Waals surface area contributed by atoms with Crippen LogP contribution in [0.2, 0.25) is 0 Å². The zero-order valence-corrected chi connectivity index (χ0v) is 15.3. The molecule has 3 nitrogen and oxygen atoms in total. The summed E-state index contributed by atoms with van der Waals surface area (Å²) in [5, 5.41) is 0. The maximum absolute atomic E-state index is 5.65. The third-order valence-electron chi connectivity index (χ3n) is 4.21. The molecule has 1 aliphatic rings. The van der Waals surface area contributed by atoms with Crippen LogP contribution in [0.4, 0.5) is 0 Å². The molecule has 0 N–H and O–H groups in total. The Kier molecular flexibility index (Phi) is 5.43. The van der Waals surface area contributed by atoms with Crippen LogP contribution in [0.5, 0.6) is 5.75 Å². The van der Waals surface area contributed by atoms with Crippen molar-refractivity contribution in [1.29, 1.82) is 0 Å². The van der Waals surface area contributed by atoms with Crippen molar-refractivity contribution in [1.82, 2.24) is 9.80 Å². The Morgan fingerprint density at radius 2 is 1.21 bits per heavy atom. The number of nitrogens with zero attached hydrogens (tertiary/aromatic N) is 2. The molecule has 0 bridgehead atoms. The van der Waals surface area contributed by atoms with Gasteiger partial charge in [0.15, 0.2) is 0 Å². The Balaban J connectivity index is 1.60. The minimum absolute atomic E-state index is 0.847. The summed E-state index contributed by atoms with van der Waals surface area (Å²) in [6, 6.07) is 18.1. The van der Waals surface area contributed by atoms with Crippen molar-refractivity contribution < 1.29 is 4.74 Å². The molecule has 1 saturated heterocycles. The molecule has 1 heterocycles. The lowest BCUT2D eigenvalue weighted by atomic mass is 10.1. The molecule has 1 fully saturated rings. The summed E-state index contributed by atoms with van der Waals surface area (Å²) in [4.78, 5) is 6.33. The first-order valence-electron chi connectivity index (χ1n) is 7.96. The van der Waals surface area contributed by atoms with E-state index in [1.54, 1.807) is 7.11 Å². The summed E-state index contributed by atoms with van der Waals surface area (Å²) in [5.74, 6) is 0.847. The first kappa shape index (κ1) is 16.9. The second kappa shape index (κ2) is 7.73. The molecule has 3 rings (SSSR count). The second-order valence-electron chi connectivity index (χ2n) is 5.68. The fraction of sp³-hybridized carbons (Fsp3) is 0.263. The van der Waals surface area contributed by atoms with E-state index in [-0.39, 0.29) is 0 Å². The van der Waals surface area contributed by atoms with E-state index < -0.39 is 0 Å². The lowest BCUT2D eigenvalue weighted by Crippen LogP contribution is -2.50. The molecule has 1 aliphatic heterocycles. The second-order valence-corrected chi connectivity index (χ2v) is 6.45. The number of hydrogen-bond donors (Lipinski definition) is 0. The van der Waals surface area contributed by atoms with E-state index in [2.05, 4.69) is 21.9 Å². The highest BCUT2D eigenvalue weighted by atomic mass is 32.1. The smallest absolute Gasteiger partial charge is 0.118 e. The van der Waals surface area contributed by atoms with Gasteiger partial charge in [0.1, 0.15) is 15.7 Å². The zero-order chi connectivity index (χ0) is 16.9. The predicted molar refractivity (Wildman–Crippen MR) is 106 cm³/mol. The molecule has 124 valence electrons. The predicted octanol–water partition coefficient (Wildman–Crippen LogP) is 3.36. The normalized spacial score (nSPS) is 14.4. The molecule has 0 saturated carbocycles. The van der Waals surface area contributed by atoms with Crippen molar-refractivity contribution in [2.24, 2.45) is 0 Å². The number of piperazine rings is 1. The first-order chi connectivity index (χ1) is 11.7. The van der Waals surface area contributed by atoms with Crippen LogP contribution in [0, 0.1) is 0 Å². The van der Waals surface area contributed by atoms with E-state index in [4.69, 9.17) is 29.2 Å². The van der Waals surface area contributed by atoms with Gasteiger partial charge in [0.05, 0.1) is 7.11 Å². The molecule has 5 heteroatoms. The van der Waals surface area contributed by atoms with Crippen LogP contribution in [-0.2, 0) is 0 Å². The van der Waals surface area contributed by atoms with Crippen molar-refractivity contribution in [2.75, 3.05) is 33.3 Å². The van der Waals surface area contributed by atoms with Gasteiger partial charge in [0, 0.05) is 37.3 Å². The lowest BCUT2D eigenvalue weighted by molar-refractivity contribution is 0.265. The maximum atomic E-state index is 5.65. The summed E-state index contributed by atoms with van der Waals surface area (Å²) in [5.41, 5.74) is 2.17. The number of thiocarbonyl (C=S) groups is 2. The van der Waals surface area contributed by atoms with E-state index in [0.29, 0.717) is 0 Å². The minimum atomic E-state index is 0.847. The van der Waals surface area contributed by atoms with Crippen molar-refractivity contribution in [2.45, 2.75) is 0 Å². The van der Waals surface area contributed by atoms with Gasteiger partial charge in [-0.1, -0.05) is 54.8 Å². The highest BCUT2D eigenvalue weighted by molar-refractivity contribution is 7.81. The Labute approximate surface area is 153 Å². The Bertz CT molecular complexity index is 708. The van der Waals surface area contributed by atoms with Gasteiger partial charge >= 0.3 is 0 Å². The van der Waals surface area contributed by atoms with Gasteiger partial charge in [-0.3, -0.25) is 0 Å². The average molecular weight is 357 g/mol. The fourth-order valence-electron chi connectivity index (χ4n) is 2.79. The molecule has 0 atom stereocenters. The van der Waals surface area contributed by atoms with E-state index >= 15 is 0 Å².